The number of rotatable bonds is 3. The van der Waals surface area contributed by atoms with Crippen LogP contribution in [-0.4, -0.2) is 18.8 Å². The van der Waals surface area contributed by atoms with E-state index in [-0.39, 0.29) is 0 Å². The van der Waals surface area contributed by atoms with Gasteiger partial charge in [-0.05, 0) is 54.9 Å². The van der Waals surface area contributed by atoms with Gasteiger partial charge in [0.1, 0.15) is 6.17 Å². The molecule has 3 rings (SSSR count). The van der Waals surface area contributed by atoms with Crippen molar-refractivity contribution < 1.29 is 4.39 Å². The molecule has 1 aromatic rings. The molecular weight excluding hydrogens is 239 g/mol. The van der Waals surface area contributed by atoms with Crippen LogP contribution in [0.2, 0.25) is 0 Å². The summed E-state index contributed by atoms with van der Waals surface area (Å²) in [5.41, 5.74) is 9.43. The van der Waals surface area contributed by atoms with Crippen molar-refractivity contribution >= 4 is 5.69 Å². The van der Waals surface area contributed by atoms with Crippen molar-refractivity contribution in [1.29, 1.82) is 0 Å². The molecule has 2 aliphatic carbocycles. The average molecular weight is 262 g/mol. The molecule has 0 aliphatic heterocycles. The van der Waals surface area contributed by atoms with Crippen molar-refractivity contribution in [3.8, 4) is 0 Å². The minimum absolute atomic E-state index is 0.415. The highest BCUT2D eigenvalue weighted by Crippen LogP contribution is 2.28. The zero-order valence-electron chi connectivity index (χ0n) is 11.4. The minimum atomic E-state index is -0.676. The number of nitrogens with two attached hydrogens (primary N) is 1. The number of halogens is 1. The van der Waals surface area contributed by atoms with E-state index >= 15 is 0 Å². The third-order valence-electron chi connectivity index (χ3n) is 4.58. The summed E-state index contributed by atoms with van der Waals surface area (Å²) in [7, 11) is 0. The molecule has 3 N–H and O–H groups in total. The van der Waals surface area contributed by atoms with Crippen molar-refractivity contribution in [3.63, 3.8) is 0 Å². The Kier molecular flexibility index (Phi) is 3.74. The average Bonchev–Trinajstić information content (AvgIpc) is 2.77. The zero-order chi connectivity index (χ0) is 13.2. The van der Waals surface area contributed by atoms with Gasteiger partial charge in [-0.15, -0.1) is 0 Å². The van der Waals surface area contributed by atoms with Crippen molar-refractivity contribution in [2.45, 2.75) is 50.7 Å². The van der Waals surface area contributed by atoms with Crippen LogP contribution < -0.4 is 11.1 Å². The highest BCUT2D eigenvalue weighted by molar-refractivity contribution is 5.50. The fourth-order valence-corrected chi connectivity index (χ4v) is 3.33. The van der Waals surface area contributed by atoms with Crippen LogP contribution in [0.3, 0.4) is 0 Å². The highest BCUT2D eigenvalue weighted by Gasteiger charge is 2.21. The van der Waals surface area contributed by atoms with Crippen LogP contribution in [-0.2, 0) is 12.8 Å². The van der Waals surface area contributed by atoms with Gasteiger partial charge in [-0.2, -0.15) is 0 Å². The third kappa shape index (κ3) is 3.08. The second-order valence-corrected chi connectivity index (χ2v) is 6.15. The van der Waals surface area contributed by atoms with Gasteiger partial charge in [-0.1, -0.05) is 6.07 Å². The lowest BCUT2D eigenvalue weighted by molar-refractivity contribution is 0.339. The summed E-state index contributed by atoms with van der Waals surface area (Å²) in [5.74, 6) is 0.738. The molecule has 0 bridgehead atoms. The maximum Gasteiger partial charge on any atom is 0.108 e. The molecule has 2 nitrogen and oxygen atoms in total. The van der Waals surface area contributed by atoms with Crippen molar-refractivity contribution in [3.05, 3.63) is 29.3 Å². The maximum absolute atomic E-state index is 13.3. The second-order valence-electron chi connectivity index (χ2n) is 6.15. The van der Waals surface area contributed by atoms with E-state index in [2.05, 4.69) is 23.5 Å². The van der Waals surface area contributed by atoms with Gasteiger partial charge in [0.05, 0.1) is 0 Å². The first kappa shape index (κ1) is 12.9. The molecule has 0 radical (unpaired) electrons. The quantitative estimate of drug-likeness (QED) is 0.878. The number of alkyl halides is 1. The number of anilines is 1. The topological polar surface area (TPSA) is 38.0 Å². The molecule has 1 unspecified atom stereocenters. The molecular formula is C16H23FN2. The van der Waals surface area contributed by atoms with Gasteiger partial charge < -0.3 is 11.1 Å². The summed E-state index contributed by atoms with van der Waals surface area (Å²) < 4.78 is 13.3. The van der Waals surface area contributed by atoms with E-state index in [0.717, 1.165) is 31.0 Å². The molecule has 0 aromatic heterocycles. The zero-order valence-corrected chi connectivity index (χ0v) is 11.4. The summed E-state index contributed by atoms with van der Waals surface area (Å²) in [5, 5.41) is 3.51. The van der Waals surface area contributed by atoms with Gasteiger partial charge in [0, 0.05) is 31.1 Å². The van der Waals surface area contributed by atoms with Gasteiger partial charge in [0.25, 0.3) is 0 Å². The molecule has 1 fully saturated rings. The first-order valence-corrected chi connectivity index (χ1v) is 7.46. The fourth-order valence-electron chi connectivity index (χ4n) is 3.33. The molecule has 1 aromatic carbocycles. The second kappa shape index (κ2) is 5.49. The Morgan fingerprint density at radius 2 is 1.84 bits per heavy atom. The van der Waals surface area contributed by atoms with Crippen LogP contribution in [0.15, 0.2) is 18.2 Å². The summed E-state index contributed by atoms with van der Waals surface area (Å²) in [6.45, 7) is 1.02. The lowest BCUT2D eigenvalue weighted by Gasteiger charge is -2.26. The van der Waals surface area contributed by atoms with E-state index in [1.54, 1.807) is 0 Å². The van der Waals surface area contributed by atoms with Crippen LogP contribution in [0.5, 0.6) is 0 Å². The molecule has 3 heteroatoms. The Labute approximate surface area is 114 Å². The minimum Gasteiger partial charge on any atom is -0.385 e. The number of nitrogens with one attached hydrogen (secondary N) is 1. The first-order chi connectivity index (χ1) is 9.20. The standard InChI is InChI=1S/C16H23FN2/c17-14-7-12-3-6-16(9-13(12)8-14)19-10-11-1-4-15(18)5-2-11/h3,6,9,11,14-15,19H,1-2,4-5,7-8,10,18H2/t11-,14?,15-. The van der Waals surface area contributed by atoms with Crippen molar-refractivity contribution in [2.75, 3.05) is 11.9 Å². The molecule has 0 saturated heterocycles. The van der Waals surface area contributed by atoms with Crippen molar-refractivity contribution in [2.24, 2.45) is 11.7 Å². The van der Waals surface area contributed by atoms with E-state index in [1.807, 2.05) is 0 Å². The van der Waals surface area contributed by atoms with Crippen LogP contribution in [0.25, 0.3) is 0 Å². The summed E-state index contributed by atoms with van der Waals surface area (Å²) in [4.78, 5) is 0. The van der Waals surface area contributed by atoms with Crippen LogP contribution in [0.1, 0.15) is 36.8 Å². The number of benzene rings is 1. The van der Waals surface area contributed by atoms with E-state index in [9.17, 15) is 4.39 Å². The molecule has 1 saturated carbocycles. The lowest BCUT2D eigenvalue weighted by atomic mass is 9.86. The van der Waals surface area contributed by atoms with Gasteiger partial charge in [-0.3, -0.25) is 0 Å². The molecule has 0 spiro atoms. The van der Waals surface area contributed by atoms with E-state index in [1.165, 1.54) is 24.0 Å². The molecule has 0 amide bonds. The lowest BCUT2D eigenvalue weighted by Crippen LogP contribution is -2.29. The predicted molar refractivity (Wildman–Crippen MR) is 77.2 cm³/mol. The smallest absolute Gasteiger partial charge is 0.108 e. The summed E-state index contributed by atoms with van der Waals surface area (Å²) >= 11 is 0. The van der Waals surface area contributed by atoms with Gasteiger partial charge in [0.15, 0.2) is 0 Å². The van der Waals surface area contributed by atoms with Crippen LogP contribution in [0.4, 0.5) is 10.1 Å². The normalized spacial score (nSPS) is 30.1. The Balaban J connectivity index is 1.55. The fraction of sp³-hybridized carbons (Fsp3) is 0.625. The van der Waals surface area contributed by atoms with Crippen LogP contribution in [0, 0.1) is 5.92 Å². The number of hydrogen-bond donors (Lipinski definition) is 2. The van der Waals surface area contributed by atoms with E-state index < -0.39 is 6.17 Å². The van der Waals surface area contributed by atoms with Crippen molar-refractivity contribution in [1.82, 2.24) is 0 Å². The summed E-state index contributed by atoms with van der Waals surface area (Å²) in [6, 6.07) is 6.71. The molecule has 1 atom stereocenters. The number of fused-ring (bicyclic) bond motifs is 1. The Bertz CT molecular complexity index is 438. The Morgan fingerprint density at radius 1 is 1.11 bits per heavy atom. The SMILES string of the molecule is N[C@H]1CC[C@H](CNc2ccc3c(c2)CC(F)C3)CC1. The predicted octanol–water partition coefficient (Wildman–Crippen LogP) is 3.05. The summed E-state index contributed by atoms with van der Waals surface area (Å²) in [6.07, 6.45) is 5.27. The molecule has 0 heterocycles. The Morgan fingerprint density at radius 3 is 2.63 bits per heavy atom. The van der Waals surface area contributed by atoms with Crippen LogP contribution >= 0.6 is 0 Å². The largest absolute Gasteiger partial charge is 0.385 e. The van der Waals surface area contributed by atoms with Gasteiger partial charge >= 0.3 is 0 Å². The highest BCUT2D eigenvalue weighted by atomic mass is 19.1. The van der Waals surface area contributed by atoms with Gasteiger partial charge in [0.2, 0.25) is 0 Å². The third-order valence-corrected chi connectivity index (χ3v) is 4.58. The number of hydrogen-bond acceptors (Lipinski definition) is 2. The molecule has 19 heavy (non-hydrogen) atoms. The maximum atomic E-state index is 13.3. The monoisotopic (exact) mass is 262 g/mol. The van der Waals surface area contributed by atoms with Gasteiger partial charge in [-0.25, -0.2) is 4.39 Å². The molecule has 104 valence electrons. The Hall–Kier alpha value is -1.09. The van der Waals surface area contributed by atoms with E-state index in [4.69, 9.17) is 5.73 Å². The van der Waals surface area contributed by atoms with E-state index in [0.29, 0.717) is 18.9 Å². The first-order valence-electron chi connectivity index (χ1n) is 7.46. The molecule has 2 aliphatic rings.